The van der Waals surface area contributed by atoms with E-state index in [-0.39, 0.29) is 28.2 Å². The highest BCUT2D eigenvalue weighted by atomic mass is 16.4. The maximum atomic E-state index is 11.8. The molecular weight excluding hydrogens is 276 g/mol. The van der Waals surface area contributed by atoms with Crippen LogP contribution < -0.4 is 11.3 Å². The monoisotopic (exact) mass is 286 g/mol. The predicted octanol–water partition coefficient (Wildman–Crippen LogP) is 0.700. The van der Waals surface area contributed by atoms with Crippen molar-refractivity contribution in [3.63, 3.8) is 0 Å². The molecule has 0 aliphatic carbocycles. The summed E-state index contributed by atoms with van der Waals surface area (Å²) in [6, 6.07) is 7.25. The van der Waals surface area contributed by atoms with Crippen LogP contribution in [0.1, 0.15) is 10.4 Å². The SMILES string of the molecule is Nc1c2c(=O)[nH]c(O)cc2nn1-c1cccc(C(=O)O)c1. The van der Waals surface area contributed by atoms with E-state index in [1.807, 2.05) is 0 Å². The first-order valence-corrected chi connectivity index (χ1v) is 5.91. The molecule has 21 heavy (non-hydrogen) atoms. The fourth-order valence-corrected chi connectivity index (χ4v) is 2.09. The van der Waals surface area contributed by atoms with E-state index < -0.39 is 11.5 Å². The molecule has 1 aromatic carbocycles. The Labute approximate surface area is 117 Å². The number of nitrogens with two attached hydrogens (primary N) is 1. The van der Waals surface area contributed by atoms with Gasteiger partial charge in [0, 0.05) is 6.07 Å². The highest BCUT2D eigenvalue weighted by molar-refractivity contribution is 5.90. The Kier molecular flexibility index (Phi) is 2.65. The number of pyridine rings is 1. The van der Waals surface area contributed by atoms with E-state index in [0.29, 0.717) is 5.69 Å². The lowest BCUT2D eigenvalue weighted by molar-refractivity contribution is 0.0697. The number of aromatic hydroxyl groups is 1. The van der Waals surface area contributed by atoms with Crippen LogP contribution in [0.3, 0.4) is 0 Å². The number of aromatic carboxylic acids is 1. The zero-order valence-corrected chi connectivity index (χ0v) is 10.6. The molecule has 0 radical (unpaired) electrons. The van der Waals surface area contributed by atoms with Gasteiger partial charge in [-0.15, -0.1) is 0 Å². The van der Waals surface area contributed by atoms with Crippen molar-refractivity contribution in [1.29, 1.82) is 0 Å². The number of carboxylic acid groups (broad SMARTS) is 1. The molecule has 2 aromatic heterocycles. The number of nitrogen functional groups attached to an aromatic ring is 1. The van der Waals surface area contributed by atoms with E-state index in [1.165, 1.54) is 22.9 Å². The zero-order valence-electron chi connectivity index (χ0n) is 10.6. The molecule has 0 atom stereocenters. The number of carboxylic acids is 1. The summed E-state index contributed by atoms with van der Waals surface area (Å²) >= 11 is 0. The quantitative estimate of drug-likeness (QED) is 0.547. The van der Waals surface area contributed by atoms with Crippen LogP contribution >= 0.6 is 0 Å². The second-order valence-corrected chi connectivity index (χ2v) is 4.40. The summed E-state index contributed by atoms with van der Waals surface area (Å²) in [5.41, 5.74) is 6.03. The van der Waals surface area contributed by atoms with Crippen LogP contribution in [0.4, 0.5) is 5.82 Å². The minimum Gasteiger partial charge on any atom is -0.494 e. The summed E-state index contributed by atoms with van der Waals surface area (Å²) in [5, 5.41) is 22.6. The third kappa shape index (κ3) is 1.98. The molecule has 8 heteroatoms. The number of fused-ring (bicyclic) bond motifs is 1. The number of anilines is 1. The molecule has 0 aliphatic rings. The summed E-state index contributed by atoms with van der Waals surface area (Å²) in [6.07, 6.45) is 0. The van der Waals surface area contributed by atoms with Crippen molar-refractivity contribution in [3.8, 4) is 11.6 Å². The Hall–Kier alpha value is -3.29. The van der Waals surface area contributed by atoms with Gasteiger partial charge in [0.25, 0.3) is 5.56 Å². The summed E-state index contributed by atoms with van der Waals surface area (Å²) in [4.78, 5) is 25.0. The molecule has 0 aliphatic heterocycles. The molecule has 3 rings (SSSR count). The molecular formula is C13H10N4O4. The molecule has 0 saturated carbocycles. The van der Waals surface area contributed by atoms with Gasteiger partial charge in [0.1, 0.15) is 16.7 Å². The third-order valence-corrected chi connectivity index (χ3v) is 3.03. The van der Waals surface area contributed by atoms with Gasteiger partial charge in [-0.1, -0.05) is 6.07 Å². The molecule has 0 fully saturated rings. The standard InChI is InChI=1S/C13H10N4O4/c14-11-10-8(5-9(18)15-12(10)19)16-17(11)7-3-1-2-6(4-7)13(20)21/h1-5,18H,14H2,(H,15,19)(H,20,21). The van der Waals surface area contributed by atoms with Crippen LogP contribution in [-0.2, 0) is 0 Å². The summed E-state index contributed by atoms with van der Waals surface area (Å²) < 4.78 is 1.26. The molecule has 0 amide bonds. The van der Waals surface area contributed by atoms with Crippen molar-refractivity contribution >= 4 is 22.7 Å². The first-order valence-electron chi connectivity index (χ1n) is 5.91. The summed E-state index contributed by atoms with van der Waals surface area (Å²) in [5.74, 6) is -1.34. The smallest absolute Gasteiger partial charge is 0.335 e. The fourth-order valence-electron chi connectivity index (χ4n) is 2.09. The van der Waals surface area contributed by atoms with Gasteiger partial charge in [0.05, 0.1) is 11.3 Å². The van der Waals surface area contributed by atoms with Crippen LogP contribution in [0.15, 0.2) is 35.1 Å². The van der Waals surface area contributed by atoms with Crippen LogP contribution in [0, 0.1) is 0 Å². The number of carbonyl (C=O) groups is 1. The Balaban J connectivity index is 2.28. The van der Waals surface area contributed by atoms with E-state index in [2.05, 4.69) is 10.1 Å². The number of aromatic amines is 1. The number of H-pyrrole nitrogens is 1. The van der Waals surface area contributed by atoms with Gasteiger partial charge in [-0.2, -0.15) is 5.10 Å². The van der Waals surface area contributed by atoms with E-state index in [4.69, 9.17) is 10.8 Å². The van der Waals surface area contributed by atoms with Crippen LogP contribution in [0.5, 0.6) is 5.88 Å². The van der Waals surface area contributed by atoms with Gasteiger partial charge < -0.3 is 15.9 Å². The molecule has 5 N–H and O–H groups in total. The number of nitrogens with one attached hydrogen (secondary N) is 1. The lowest BCUT2D eigenvalue weighted by atomic mass is 10.2. The number of hydrogen-bond donors (Lipinski definition) is 4. The third-order valence-electron chi connectivity index (χ3n) is 3.03. The van der Waals surface area contributed by atoms with E-state index in [9.17, 15) is 14.7 Å². The molecule has 3 aromatic rings. The van der Waals surface area contributed by atoms with Gasteiger partial charge in [0.15, 0.2) is 5.88 Å². The van der Waals surface area contributed by atoms with Crippen molar-refractivity contribution < 1.29 is 15.0 Å². The Morgan fingerprint density at radius 1 is 1.33 bits per heavy atom. The average molecular weight is 286 g/mol. The second kappa shape index (κ2) is 4.37. The average Bonchev–Trinajstić information content (AvgIpc) is 2.76. The Morgan fingerprint density at radius 3 is 2.81 bits per heavy atom. The van der Waals surface area contributed by atoms with Gasteiger partial charge >= 0.3 is 5.97 Å². The topological polar surface area (TPSA) is 134 Å². The molecule has 0 bridgehead atoms. The number of aromatic nitrogens is 3. The Morgan fingerprint density at radius 2 is 2.10 bits per heavy atom. The van der Waals surface area contributed by atoms with Gasteiger partial charge in [-0.3, -0.25) is 9.78 Å². The lowest BCUT2D eigenvalue weighted by Gasteiger charge is -2.04. The number of rotatable bonds is 2. The fraction of sp³-hybridized carbons (Fsp3) is 0. The molecule has 0 unspecified atom stereocenters. The van der Waals surface area contributed by atoms with Crippen molar-refractivity contribution in [2.24, 2.45) is 0 Å². The molecule has 8 nitrogen and oxygen atoms in total. The minimum absolute atomic E-state index is 0.0637. The molecule has 0 saturated heterocycles. The summed E-state index contributed by atoms with van der Waals surface area (Å²) in [6.45, 7) is 0. The lowest BCUT2D eigenvalue weighted by Crippen LogP contribution is -2.08. The van der Waals surface area contributed by atoms with Gasteiger partial charge in [-0.05, 0) is 18.2 Å². The van der Waals surface area contributed by atoms with Crippen LogP contribution in [0.25, 0.3) is 16.6 Å². The van der Waals surface area contributed by atoms with E-state index in [0.717, 1.165) is 0 Å². The zero-order chi connectivity index (χ0) is 15.1. The number of hydrogen-bond acceptors (Lipinski definition) is 5. The van der Waals surface area contributed by atoms with Crippen LogP contribution in [-0.4, -0.2) is 30.9 Å². The maximum absolute atomic E-state index is 11.8. The van der Waals surface area contributed by atoms with Crippen LogP contribution in [0.2, 0.25) is 0 Å². The van der Waals surface area contributed by atoms with Crippen molar-refractivity contribution in [3.05, 3.63) is 46.2 Å². The van der Waals surface area contributed by atoms with Gasteiger partial charge in [0.2, 0.25) is 0 Å². The second-order valence-electron chi connectivity index (χ2n) is 4.40. The van der Waals surface area contributed by atoms with Crippen molar-refractivity contribution in [2.45, 2.75) is 0 Å². The van der Waals surface area contributed by atoms with E-state index >= 15 is 0 Å². The number of benzene rings is 1. The number of nitrogens with zero attached hydrogens (tertiary/aromatic N) is 2. The minimum atomic E-state index is -1.08. The van der Waals surface area contributed by atoms with Gasteiger partial charge in [-0.25, -0.2) is 9.48 Å². The van der Waals surface area contributed by atoms with Crippen molar-refractivity contribution in [2.75, 3.05) is 5.73 Å². The highest BCUT2D eigenvalue weighted by Crippen LogP contribution is 2.23. The highest BCUT2D eigenvalue weighted by Gasteiger charge is 2.15. The largest absolute Gasteiger partial charge is 0.494 e. The Bertz CT molecular complexity index is 926. The maximum Gasteiger partial charge on any atom is 0.335 e. The molecule has 0 spiro atoms. The van der Waals surface area contributed by atoms with E-state index in [1.54, 1.807) is 12.1 Å². The normalized spacial score (nSPS) is 10.9. The van der Waals surface area contributed by atoms with Crippen molar-refractivity contribution in [1.82, 2.24) is 14.8 Å². The molecule has 2 heterocycles. The summed E-state index contributed by atoms with van der Waals surface area (Å²) in [7, 11) is 0. The predicted molar refractivity (Wildman–Crippen MR) is 74.7 cm³/mol. The first-order chi connectivity index (χ1) is 9.97. The first kappa shape index (κ1) is 12.7. The molecule has 106 valence electrons.